The molecule has 2 aromatic carbocycles. The van der Waals surface area contributed by atoms with Crippen molar-refractivity contribution in [2.75, 3.05) is 18.2 Å². The number of aryl methyl sites for hydroxylation is 1. The van der Waals surface area contributed by atoms with Gasteiger partial charge in [-0.25, -0.2) is 0 Å². The Balaban J connectivity index is 2.26. The SMILES string of the molecule is COc1ccc(Nc2ccc([N+](=O)[O-])cc2N)cc1C. The lowest BCUT2D eigenvalue weighted by atomic mass is 10.2. The summed E-state index contributed by atoms with van der Waals surface area (Å²) in [5, 5.41) is 13.8. The van der Waals surface area contributed by atoms with E-state index in [9.17, 15) is 10.1 Å². The lowest BCUT2D eigenvalue weighted by Crippen LogP contribution is -1.98. The number of rotatable bonds is 4. The maximum atomic E-state index is 10.7. The van der Waals surface area contributed by atoms with Crippen LogP contribution in [0.2, 0.25) is 0 Å². The molecule has 6 nitrogen and oxygen atoms in total. The van der Waals surface area contributed by atoms with Crippen molar-refractivity contribution in [2.45, 2.75) is 6.92 Å². The van der Waals surface area contributed by atoms with Gasteiger partial charge in [0, 0.05) is 17.8 Å². The van der Waals surface area contributed by atoms with E-state index in [-0.39, 0.29) is 5.69 Å². The molecule has 0 aliphatic carbocycles. The van der Waals surface area contributed by atoms with Crippen molar-refractivity contribution in [1.82, 2.24) is 0 Å². The van der Waals surface area contributed by atoms with Crippen molar-refractivity contribution in [3.63, 3.8) is 0 Å². The zero-order chi connectivity index (χ0) is 14.7. The third-order valence-corrected chi connectivity index (χ3v) is 2.92. The summed E-state index contributed by atoms with van der Waals surface area (Å²) in [7, 11) is 1.61. The van der Waals surface area contributed by atoms with E-state index < -0.39 is 4.92 Å². The van der Waals surface area contributed by atoms with E-state index in [0.29, 0.717) is 11.4 Å². The molecule has 104 valence electrons. The van der Waals surface area contributed by atoms with Gasteiger partial charge in [0.05, 0.1) is 23.4 Å². The van der Waals surface area contributed by atoms with Gasteiger partial charge < -0.3 is 15.8 Å². The van der Waals surface area contributed by atoms with E-state index in [2.05, 4.69) is 5.32 Å². The molecule has 0 heterocycles. The monoisotopic (exact) mass is 273 g/mol. The molecule has 0 aromatic heterocycles. The Bertz CT molecular complexity index is 656. The van der Waals surface area contributed by atoms with Crippen molar-refractivity contribution >= 4 is 22.7 Å². The molecule has 3 N–H and O–H groups in total. The maximum Gasteiger partial charge on any atom is 0.271 e. The number of ether oxygens (including phenoxy) is 1. The molecule has 20 heavy (non-hydrogen) atoms. The largest absolute Gasteiger partial charge is 0.496 e. The number of hydrogen-bond donors (Lipinski definition) is 2. The molecular formula is C14H15N3O3. The summed E-state index contributed by atoms with van der Waals surface area (Å²) in [6, 6.07) is 9.95. The Morgan fingerprint density at radius 2 is 2.00 bits per heavy atom. The first kappa shape index (κ1) is 13.7. The summed E-state index contributed by atoms with van der Waals surface area (Å²) in [5.74, 6) is 0.798. The fourth-order valence-corrected chi connectivity index (χ4v) is 1.89. The predicted molar refractivity (Wildman–Crippen MR) is 78.5 cm³/mol. The van der Waals surface area contributed by atoms with Gasteiger partial charge in [-0.1, -0.05) is 0 Å². The van der Waals surface area contributed by atoms with Gasteiger partial charge in [-0.2, -0.15) is 0 Å². The quantitative estimate of drug-likeness (QED) is 0.507. The normalized spacial score (nSPS) is 10.1. The van der Waals surface area contributed by atoms with Crippen LogP contribution in [0.4, 0.5) is 22.7 Å². The minimum Gasteiger partial charge on any atom is -0.496 e. The first-order chi connectivity index (χ1) is 9.51. The third-order valence-electron chi connectivity index (χ3n) is 2.92. The van der Waals surface area contributed by atoms with Gasteiger partial charge >= 0.3 is 0 Å². The lowest BCUT2D eigenvalue weighted by molar-refractivity contribution is -0.384. The van der Waals surface area contributed by atoms with Crippen molar-refractivity contribution in [2.24, 2.45) is 0 Å². The highest BCUT2D eigenvalue weighted by molar-refractivity contribution is 5.75. The summed E-state index contributed by atoms with van der Waals surface area (Å²) < 4.78 is 5.19. The number of nitro benzene ring substituents is 1. The zero-order valence-electron chi connectivity index (χ0n) is 11.2. The summed E-state index contributed by atoms with van der Waals surface area (Å²) in [6.07, 6.45) is 0. The van der Waals surface area contributed by atoms with Crippen LogP contribution in [0.1, 0.15) is 5.56 Å². The molecule has 0 amide bonds. The van der Waals surface area contributed by atoms with Crippen molar-refractivity contribution in [1.29, 1.82) is 0 Å². The molecule has 0 spiro atoms. The van der Waals surface area contributed by atoms with Crippen molar-refractivity contribution in [3.8, 4) is 5.75 Å². The van der Waals surface area contributed by atoms with Crippen LogP contribution in [0.3, 0.4) is 0 Å². The van der Waals surface area contributed by atoms with Crippen molar-refractivity contribution < 1.29 is 9.66 Å². The van der Waals surface area contributed by atoms with Gasteiger partial charge in [0.15, 0.2) is 0 Å². The second-order valence-corrected chi connectivity index (χ2v) is 4.34. The predicted octanol–water partition coefficient (Wildman–Crippen LogP) is 3.24. The van der Waals surface area contributed by atoms with Crippen LogP contribution in [0.15, 0.2) is 36.4 Å². The van der Waals surface area contributed by atoms with Crippen LogP contribution in [0.5, 0.6) is 5.75 Å². The smallest absolute Gasteiger partial charge is 0.271 e. The summed E-state index contributed by atoms with van der Waals surface area (Å²) in [5.41, 5.74) is 8.55. The molecule has 0 radical (unpaired) electrons. The molecule has 2 rings (SSSR count). The Morgan fingerprint density at radius 1 is 1.25 bits per heavy atom. The molecule has 0 unspecified atom stereocenters. The number of hydrogen-bond acceptors (Lipinski definition) is 5. The standard InChI is InChI=1S/C14H15N3O3/c1-9-7-10(3-6-14(9)20-2)16-13-5-4-11(17(18)19)8-12(13)15/h3-8,16H,15H2,1-2H3. The van der Waals surface area contributed by atoms with Gasteiger partial charge in [-0.05, 0) is 36.8 Å². The molecule has 0 aliphatic heterocycles. The minimum atomic E-state index is -0.475. The van der Waals surface area contributed by atoms with Gasteiger partial charge in [0.25, 0.3) is 5.69 Å². The molecule has 0 aliphatic rings. The number of nitro groups is 1. The lowest BCUT2D eigenvalue weighted by Gasteiger charge is -2.11. The van der Waals surface area contributed by atoms with Crippen LogP contribution >= 0.6 is 0 Å². The van der Waals surface area contributed by atoms with Gasteiger partial charge in [-0.15, -0.1) is 0 Å². The Kier molecular flexibility index (Phi) is 3.74. The van der Waals surface area contributed by atoms with E-state index >= 15 is 0 Å². The molecule has 0 atom stereocenters. The summed E-state index contributed by atoms with van der Waals surface area (Å²) >= 11 is 0. The number of nitrogens with two attached hydrogens (primary N) is 1. The zero-order valence-corrected chi connectivity index (χ0v) is 11.2. The number of anilines is 3. The Labute approximate surface area is 116 Å². The highest BCUT2D eigenvalue weighted by Crippen LogP contribution is 2.29. The van der Waals surface area contributed by atoms with Crippen LogP contribution in [-0.2, 0) is 0 Å². The molecule has 0 bridgehead atoms. The van der Waals surface area contributed by atoms with E-state index in [1.807, 2.05) is 25.1 Å². The van der Waals surface area contributed by atoms with Crippen LogP contribution in [-0.4, -0.2) is 12.0 Å². The number of nitrogen functional groups attached to an aromatic ring is 1. The molecule has 2 aromatic rings. The van der Waals surface area contributed by atoms with E-state index in [4.69, 9.17) is 10.5 Å². The molecule has 6 heteroatoms. The fraction of sp³-hybridized carbons (Fsp3) is 0.143. The first-order valence-electron chi connectivity index (χ1n) is 5.97. The number of methoxy groups -OCH3 is 1. The van der Waals surface area contributed by atoms with Crippen LogP contribution in [0, 0.1) is 17.0 Å². The molecule has 0 saturated heterocycles. The maximum absolute atomic E-state index is 10.7. The van der Waals surface area contributed by atoms with E-state index in [0.717, 1.165) is 17.0 Å². The van der Waals surface area contributed by atoms with Gasteiger partial charge in [0.1, 0.15) is 5.75 Å². The van der Waals surface area contributed by atoms with Gasteiger partial charge in [-0.3, -0.25) is 10.1 Å². The van der Waals surface area contributed by atoms with Crippen LogP contribution < -0.4 is 15.8 Å². The number of non-ortho nitro benzene ring substituents is 1. The van der Waals surface area contributed by atoms with Gasteiger partial charge in [0.2, 0.25) is 0 Å². The average molecular weight is 273 g/mol. The third kappa shape index (κ3) is 2.80. The Morgan fingerprint density at radius 3 is 2.55 bits per heavy atom. The highest BCUT2D eigenvalue weighted by Gasteiger charge is 2.09. The molecular weight excluding hydrogens is 258 g/mol. The Hall–Kier alpha value is -2.76. The topological polar surface area (TPSA) is 90.4 Å². The summed E-state index contributed by atoms with van der Waals surface area (Å²) in [4.78, 5) is 10.2. The first-order valence-corrected chi connectivity index (χ1v) is 5.97. The number of benzene rings is 2. The second-order valence-electron chi connectivity index (χ2n) is 4.34. The highest BCUT2D eigenvalue weighted by atomic mass is 16.6. The van der Waals surface area contributed by atoms with Crippen LogP contribution in [0.25, 0.3) is 0 Å². The summed E-state index contributed by atoms with van der Waals surface area (Å²) in [6.45, 7) is 1.93. The fourth-order valence-electron chi connectivity index (χ4n) is 1.89. The average Bonchev–Trinajstić information content (AvgIpc) is 2.41. The number of nitrogens with one attached hydrogen (secondary N) is 1. The van der Waals surface area contributed by atoms with E-state index in [1.54, 1.807) is 13.2 Å². The molecule has 0 fully saturated rings. The second kappa shape index (κ2) is 5.48. The minimum absolute atomic E-state index is 0.0287. The van der Waals surface area contributed by atoms with E-state index in [1.165, 1.54) is 12.1 Å². The molecule has 0 saturated carbocycles. The van der Waals surface area contributed by atoms with Crippen molar-refractivity contribution in [3.05, 3.63) is 52.1 Å². The number of nitrogens with zero attached hydrogens (tertiary/aromatic N) is 1.